The second-order valence-electron chi connectivity index (χ2n) is 6.36. The van der Waals surface area contributed by atoms with Gasteiger partial charge in [-0.05, 0) is 42.8 Å². The van der Waals surface area contributed by atoms with Crippen molar-refractivity contribution in [2.75, 3.05) is 13.1 Å². The van der Waals surface area contributed by atoms with E-state index >= 15 is 0 Å². The molecule has 1 saturated heterocycles. The SMILES string of the molecule is CC(C)(C)OC(=O)N1CC(N2Cc3sc(Br)cc3C2=O)C1. The van der Waals surface area contributed by atoms with Gasteiger partial charge in [-0.25, -0.2) is 4.79 Å². The highest BCUT2D eigenvalue weighted by atomic mass is 79.9. The predicted molar refractivity (Wildman–Crippen MR) is 83.5 cm³/mol. The van der Waals surface area contributed by atoms with E-state index in [1.165, 1.54) is 0 Å². The average molecular weight is 373 g/mol. The normalized spacial score (nSPS) is 18.8. The Morgan fingerprint density at radius 2 is 2.10 bits per heavy atom. The number of carbonyl (C=O) groups is 2. The molecule has 1 aromatic heterocycles. The summed E-state index contributed by atoms with van der Waals surface area (Å²) in [5.41, 5.74) is 0.310. The summed E-state index contributed by atoms with van der Waals surface area (Å²) in [6.45, 7) is 7.30. The van der Waals surface area contributed by atoms with E-state index in [2.05, 4.69) is 15.9 Å². The molecule has 3 rings (SSSR count). The van der Waals surface area contributed by atoms with Gasteiger partial charge < -0.3 is 14.5 Å². The lowest BCUT2D eigenvalue weighted by atomic mass is 10.1. The van der Waals surface area contributed by atoms with Crippen LogP contribution in [0.15, 0.2) is 9.85 Å². The lowest BCUT2D eigenvalue weighted by Crippen LogP contribution is -2.61. The molecule has 0 saturated carbocycles. The summed E-state index contributed by atoms with van der Waals surface area (Å²) in [5, 5.41) is 0. The van der Waals surface area contributed by atoms with Crippen molar-refractivity contribution >= 4 is 39.3 Å². The number of carbonyl (C=O) groups excluding carboxylic acids is 2. The number of fused-ring (bicyclic) bond motifs is 1. The van der Waals surface area contributed by atoms with Crippen LogP contribution >= 0.6 is 27.3 Å². The van der Waals surface area contributed by atoms with E-state index in [0.717, 1.165) is 14.2 Å². The van der Waals surface area contributed by atoms with Crippen molar-refractivity contribution in [1.29, 1.82) is 0 Å². The van der Waals surface area contributed by atoms with E-state index in [9.17, 15) is 9.59 Å². The molecule has 5 nitrogen and oxygen atoms in total. The molecule has 0 N–H and O–H groups in total. The monoisotopic (exact) mass is 372 g/mol. The predicted octanol–water partition coefficient (Wildman–Crippen LogP) is 3.09. The van der Waals surface area contributed by atoms with Crippen molar-refractivity contribution in [2.45, 2.75) is 39.0 Å². The molecular weight excluding hydrogens is 356 g/mol. The topological polar surface area (TPSA) is 49.9 Å². The number of hydrogen-bond donors (Lipinski definition) is 0. The molecule has 2 aliphatic heterocycles. The molecule has 0 spiro atoms. The Bertz CT molecular complexity index is 602. The van der Waals surface area contributed by atoms with Gasteiger partial charge in [0.25, 0.3) is 5.91 Å². The fourth-order valence-electron chi connectivity index (χ4n) is 2.50. The summed E-state index contributed by atoms with van der Waals surface area (Å²) in [6, 6.07) is 1.98. The highest BCUT2D eigenvalue weighted by Gasteiger charge is 2.42. The number of thiophene rings is 1. The maximum absolute atomic E-state index is 12.3. The van der Waals surface area contributed by atoms with E-state index in [4.69, 9.17) is 4.74 Å². The fraction of sp³-hybridized carbons (Fsp3) is 0.571. The number of halogens is 1. The second kappa shape index (κ2) is 4.98. The van der Waals surface area contributed by atoms with Crippen molar-refractivity contribution in [3.05, 3.63) is 20.3 Å². The summed E-state index contributed by atoms with van der Waals surface area (Å²) in [5.74, 6) is 0.0702. The summed E-state index contributed by atoms with van der Waals surface area (Å²) < 4.78 is 6.31. The van der Waals surface area contributed by atoms with Gasteiger partial charge in [-0.1, -0.05) is 0 Å². The molecule has 2 amide bonds. The minimum Gasteiger partial charge on any atom is -0.444 e. The molecule has 0 radical (unpaired) electrons. The first kappa shape index (κ1) is 14.8. The molecule has 1 fully saturated rings. The minimum atomic E-state index is -0.484. The summed E-state index contributed by atoms with van der Waals surface area (Å²) >= 11 is 5.01. The fourth-order valence-corrected chi connectivity index (χ4v) is 4.19. The zero-order chi connectivity index (χ0) is 15.4. The molecule has 0 aromatic carbocycles. The summed E-state index contributed by atoms with van der Waals surface area (Å²) in [7, 11) is 0. The molecule has 7 heteroatoms. The van der Waals surface area contributed by atoms with Crippen LogP contribution in [0.3, 0.4) is 0 Å². The van der Waals surface area contributed by atoms with E-state index < -0.39 is 5.60 Å². The first-order valence-electron chi connectivity index (χ1n) is 6.82. The third-order valence-corrected chi connectivity index (χ3v) is 5.16. The zero-order valence-corrected chi connectivity index (χ0v) is 14.6. The molecular formula is C14H17BrN2O3S. The lowest BCUT2D eigenvalue weighted by Gasteiger charge is -2.43. The van der Waals surface area contributed by atoms with E-state index in [1.54, 1.807) is 16.2 Å². The Kier molecular flexibility index (Phi) is 3.52. The average Bonchev–Trinajstić information content (AvgIpc) is 2.74. The van der Waals surface area contributed by atoms with Crippen molar-refractivity contribution in [3.63, 3.8) is 0 Å². The number of ether oxygens (including phenoxy) is 1. The smallest absolute Gasteiger partial charge is 0.410 e. The van der Waals surface area contributed by atoms with E-state index in [1.807, 2.05) is 31.7 Å². The van der Waals surface area contributed by atoms with Crippen LogP contribution in [0.1, 0.15) is 36.0 Å². The maximum atomic E-state index is 12.3. The van der Waals surface area contributed by atoms with Gasteiger partial charge in [-0.2, -0.15) is 0 Å². The first-order valence-corrected chi connectivity index (χ1v) is 8.42. The minimum absolute atomic E-state index is 0.0702. The van der Waals surface area contributed by atoms with Crippen LogP contribution in [0.2, 0.25) is 0 Å². The number of nitrogens with zero attached hydrogens (tertiary/aromatic N) is 2. The molecule has 1 aromatic rings. The van der Waals surface area contributed by atoms with Crippen LogP contribution < -0.4 is 0 Å². The van der Waals surface area contributed by atoms with Crippen molar-refractivity contribution in [2.24, 2.45) is 0 Å². The zero-order valence-electron chi connectivity index (χ0n) is 12.2. The number of rotatable bonds is 1. The van der Waals surface area contributed by atoms with E-state index in [-0.39, 0.29) is 18.0 Å². The van der Waals surface area contributed by atoms with Gasteiger partial charge in [0.2, 0.25) is 0 Å². The molecule has 2 aliphatic rings. The van der Waals surface area contributed by atoms with Crippen molar-refractivity contribution in [1.82, 2.24) is 9.80 Å². The Labute approximate surface area is 136 Å². The van der Waals surface area contributed by atoms with Gasteiger partial charge in [-0.3, -0.25) is 4.79 Å². The Hall–Kier alpha value is -1.08. The highest BCUT2D eigenvalue weighted by Crippen LogP contribution is 2.36. The van der Waals surface area contributed by atoms with Crippen LogP contribution in [0, 0.1) is 0 Å². The van der Waals surface area contributed by atoms with Crippen LogP contribution in [-0.2, 0) is 11.3 Å². The number of hydrogen-bond acceptors (Lipinski definition) is 4. The lowest BCUT2D eigenvalue weighted by molar-refractivity contribution is -0.0124. The highest BCUT2D eigenvalue weighted by molar-refractivity contribution is 9.11. The molecule has 0 unspecified atom stereocenters. The molecule has 114 valence electrons. The van der Waals surface area contributed by atoms with E-state index in [0.29, 0.717) is 19.6 Å². The third-order valence-electron chi connectivity index (χ3n) is 3.54. The van der Waals surface area contributed by atoms with Gasteiger partial charge in [0.15, 0.2) is 0 Å². The van der Waals surface area contributed by atoms with Gasteiger partial charge in [0, 0.05) is 18.0 Å². The van der Waals surface area contributed by atoms with Crippen LogP contribution in [0.4, 0.5) is 4.79 Å². The molecule has 3 heterocycles. The molecule has 21 heavy (non-hydrogen) atoms. The summed E-state index contributed by atoms with van der Waals surface area (Å²) in [4.78, 5) is 28.8. The first-order chi connectivity index (χ1) is 9.74. The molecule has 0 bridgehead atoms. The van der Waals surface area contributed by atoms with Gasteiger partial charge >= 0.3 is 6.09 Å². The van der Waals surface area contributed by atoms with Gasteiger partial charge in [0.1, 0.15) is 5.60 Å². The van der Waals surface area contributed by atoms with Gasteiger partial charge in [-0.15, -0.1) is 11.3 Å². The van der Waals surface area contributed by atoms with Crippen molar-refractivity contribution < 1.29 is 14.3 Å². The van der Waals surface area contributed by atoms with Crippen LogP contribution in [0.5, 0.6) is 0 Å². The van der Waals surface area contributed by atoms with Crippen LogP contribution in [0.25, 0.3) is 0 Å². The Morgan fingerprint density at radius 1 is 1.43 bits per heavy atom. The largest absolute Gasteiger partial charge is 0.444 e. The number of amides is 2. The number of likely N-dealkylation sites (tertiary alicyclic amines) is 1. The quantitative estimate of drug-likeness (QED) is 0.760. The van der Waals surface area contributed by atoms with Crippen molar-refractivity contribution in [3.8, 4) is 0 Å². The second-order valence-corrected chi connectivity index (χ2v) is 8.88. The van der Waals surface area contributed by atoms with Crippen LogP contribution in [-0.4, -0.2) is 46.5 Å². The van der Waals surface area contributed by atoms with Gasteiger partial charge in [0.05, 0.1) is 21.9 Å². The Morgan fingerprint density at radius 3 is 2.67 bits per heavy atom. The molecule has 0 atom stereocenters. The standard InChI is InChI=1S/C14H17BrN2O3S/c1-14(2,3)20-13(19)16-5-8(6-16)17-7-10-9(12(17)18)4-11(15)21-10/h4,8H,5-7H2,1-3H3. The summed E-state index contributed by atoms with van der Waals surface area (Å²) in [6.07, 6.45) is -0.303. The maximum Gasteiger partial charge on any atom is 0.410 e. The third kappa shape index (κ3) is 2.81. The Balaban J connectivity index is 1.57. The molecule has 0 aliphatic carbocycles.